The molecular formula is C20H24N4. The van der Waals surface area contributed by atoms with E-state index in [2.05, 4.69) is 64.9 Å². The summed E-state index contributed by atoms with van der Waals surface area (Å²) < 4.78 is 2.34. The maximum Gasteiger partial charge on any atom is 0.206 e. The Morgan fingerprint density at radius 3 is 2.50 bits per heavy atom. The minimum Gasteiger partial charge on any atom is -0.342 e. The Balaban J connectivity index is 1.74. The number of imidazole rings is 1. The number of aromatic nitrogens is 2. The molecule has 1 aliphatic heterocycles. The number of rotatable bonds is 3. The minimum absolute atomic E-state index is 0.330. The second-order valence-electron chi connectivity index (χ2n) is 6.80. The van der Waals surface area contributed by atoms with E-state index in [0.717, 1.165) is 43.9 Å². The lowest BCUT2D eigenvalue weighted by atomic mass is 10.1. The Kier molecular flexibility index (Phi) is 3.98. The molecule has 0 radical (unpaired) electrons. The van der Waals surface area contributed by atoms with Crippen molar-refractivity contribution in [2.24, 2.45) is 5.73 Å². The Bertz CT molecular complexity index is 826. The molecule has 1 saturated heterocycles. The summed E-state index contributed by atoms with van der Waals surface area (Å²) in [6, 6.07) is 17.5. The molecule has 4 heteroatoms. The predicted molar refractivity (Wildman–Crippen MR) is 99.4 cm³/mol. The molecule has 2 N–H and O–H groups in total. The predicted octanol–water partition coefficient (Wildman–Crippen LogP) is 3.32. The molecule has 124 valence electrons. The molecule has 4 nitrogen and oxygen atoms in total. The van der Waals surface area contributed by atoms with Gasteiger partial charge in [0.1, 0.15) is 0 Å². The zero-order valence-electron chi connectivity index (χ0n) is 14.2. The summed E-state index contributed by atoms with van der Waals surface area (Å²) in [5.41, 5.74) is 10.9. The molecule has 0 atom stereocenters. The third-order valence-corrected chi connectivity index (χ3v) is 4.92. The maximum absolute atomic E-state index is 6.07. The molecule has 3 aromatic rings. The van der Waals surface area contributed by atoms with Crippen molar-refractivity contribution in [2.45, 2.75) is 32.4 Å². The van der Waals surface area contributed by atoms with Gasteiger partial charge in [-0.3, -0.25) is 0 Å². The van der Waals surface area contributed by atoms with Crippen molar-refractivity contribution < 1.29 is 0 Å². The molecule has 4 rings (SSSR count). The zero-order chi connectivity index (χ0) is 16.5. The van der Waals surface area contributed by atoms with Crippen LogP contribution in [0.2, 0.25) is 0 Å². The lowest BCUT2D eigenvalue weighted by Gasteiger charge is -2.31. The van der Waals surface area contributed by atoms with Crippen LogP contribution in [-0.4, -0.2) is 28.7 Å². The fourth-order valence-electron chi connectivity index (χ4n) is 3.44. The highest BCUT2D eigenvalue weighted by Crippen LogP contribution is 2.26. The van der Waals surface area contributed by atoms with Crippen molar-refractivity contribution in [1.29, 1.82) is 0 Å². The van der Waals surface area contributed by atoms with Gasteiger partial charge < -0.3 is 15.2 Å². The van der Waals surface area contributed by atoms with E-state index in [1.54, 1.807) is 0 Å². The number of nitrogens with zero attached hydrogens (tertiary/aromatic N) is 3. The molecule has 24 heavy (non-hydrogen) atoms. The van der Waals surface area contributed by atoms with Gasteiger partial charge in [-0.15, -0.1) is 0 Å². The van der Waals surface area contributed by atoms with Crippen LogP contribution in [0.1, 0.15) is 24.0 Å². The lowest BCUT2D eigenvalue weighted by molar-refractivity contribution is 0.491. The third-order valence-electron chi connectivity index (χ3n) is 4.92. The van der Waals surface area contributed by atoms with Crippen molar-refractivity contribution in [3.63, 3.8) is 0 Å². The molecule has 0 saturated carbocycles. The fourth-order valence-corrected chi connectivity index (χ4v) is 3.44. The van der Waals surface area contributed by atoms with Crippen LogP contribution in [0, 0.1) is 6.92 Å². The number of benzene rings is 2. The van der Waals surface area contributed by atoms with Gasteiger partial charge in [0, 0.05) is 19.1 Å². The quantitative estimate of drug-likeness (QED) is 0.805. The van der Waals surface area contributed by atoms with E-state index >= 15 is 0 Å². The summed E-state index contributed by atoms with van der Waals surface area (Å²) in [7, 11) is 0. The highest BCUT2D eigenvalue weighted by molar-refractivity contribution is 5.79. The Hall–Kier alpha value is -2.33. The van der Waals surface area contributed by atoms with Gasteiger partial charge in [0.05, 0.1) is 17.6 Å². The topological polar surface area (TPSA) is 47.1 Å². The normalized spacial score (nSPS) is 16.0. The molecule has 0 bridgehead atoms. The average molecular weight is 320 g/mol. The molecule has 1 aliphatic rings. The molecule has 0 spiro atoms. The third kappa shape index (κ3) is 2.89. The Morgan fingerprint density at radius 2 is 1.75 bits per heavy atom. The number of hydrogen-bond acceptors (Lipinski definition) is 3. The first-order chi connectivity index (χ1) is 11.7. The van der Waals surface area contributed by atoms with Crippen molar-refractivity contribution in [2.75, 3.05) is 18.0 Å². The van der Waals surface area contributed by atoms with Crippen LogP contribution in [-0.2, 0) is 6.54 Å². The fraction of sp³-hybridized carbons (Fsp3) is 0.350. The van der Waals surface area contributed by atoms with E-state index in [4.69, 9.17) is 10.7 Å². The number of hydrogen-bond donors (Lipinski definition) is 1. The summed E-state index contributed by atoms with van der Waals surface area (Å²) in [5, 5.41) is 0. The van der Waals surface area contributed by atoms with Crippen molar-refractivity contribution in [3.05, 3.63) is 59.7 Å². The number of anilines is 1. The first kappa shape index (κ1) is 15.2. The molecule has 1 fully saturated rings. The van der Waals surface area contributed by atoms with E-state index in [1.165, 1.54) is 16.6 Å². The molecule has 2 aromatic carbocycles. The lowest BCUT2D eigenvalue weighted by Crippen LogP contribution is -2.40. The number of piperidine rings is 1. The Morgan fingerprint density at radius 1 is 1.04 bits per heavy atom. The van der Waals surface area contributed by atoms with Crippen LogP contribution in [0.3, 0.4) is 0 Å². The van der Waals surface area contributed by atoms with E-state index in [-0.39, 0.29) is 0 Å². The maximum atomic E-state index is 6.07. The number of aryl methyl sites for hydroxylation is 1. The van der Waals surface area contributed by atoms with E-state index < -0.39 is 0 Å². The molecule has 0 unspecified atom stereocenters. The molecule has 0 aliphatic carbocycles. The van der Waals surface area contributed by atoms with Crippen LogP contribution in [0.5, 0.6) is 0 Å². The first-order valence-electron chi connectivity index (χ1n) is 8.72. The SMILES string of the molecule is Cc1ccc(Cn2c(N3CCC(N)CC3)nc3ccccc32)cc1. The summed E-state index contributed by atoms with van der Waals surface area (Å²) in [6.45, 7) is 4.94. The van der Waals surface area contributed by atoms with Crippen molar-refractivity contribution in [3.8, 4) is 0 Å². The molecular weight excluding hydrogens is 296 g/mol. The van der Waals surface area contributed by atoms with E-state index in [0.29, 0.717) is 6.04 Å². The van der Waals surface area contributed by atoms with Crippen LogP contribution in [0.15, 0.2) is 48.5 Å². The van der Waals surface area contributed by atoms with Crippen LogP contribution in [0.4, 0.5) is 5.95 Å². The van der Waals surface area contributed by atoms with Crippen LogP contribution >= 0.6 is 0 Å². The van der Waals surface area contributed by atoms with Gasteiger partial charge in [0.2, 0.25) is 5.95 Å². The van der Waals surface area contributed by atoms with E-state index in [1.807, 2.05) is 0 Å². The number of nitrogens with two attached hydrogens (primary N) is 1. The molecule has 1 aromatic heterocycles. The summed E-state index contributed by atoms with van der Waals surface area (Å²) in [5.74, 6) is 1.07. The monoisotopic (exact) mass is 320 g/mol. The van der Waals surface area contributed by atoms with Gasteiger partial charge in [0.15, 0.2) is 0 Å². The number of fused-ring (bicyclic) bond motifs is 1. The van der Waals surface area contributed by atoms with Crippen molar-refractivity contribution in [1.82, 2.24) is 9.55 Å². The van der Waals surface area contributed by atoms with Gasteiger partial charge in [-0.1, -0.05) is 42.0 Å². The minimum atomic E-state index is 0.330. The second kappa shape index (κ2) is 6.29. The molecule has 2 heterocycles. The smallest absolute Gasteiger partial charge is 0.206 e. The van der Waals surface area contributed by atoms with Gasteiger partial charge in [-0.25, -0.2) is 4.98 Å². The van der Waals surface area contributed by atoms with Gasteiger partial charge in [-0.05, 0) is 37.5 Å². The average Bonchev–Trinajstić information content (AvgIpc) is 2.96. The van der Waals surface area contributed by atoms with Gasteiger partial charge in [0.25, 0.3) is 0 Å². The second-order valence-corrected chi connectivity index (χ2v) is 6.80. The van der Waals surface area contributed by atoms with E-state index in [9.17, 15) is 0 Å². The summed E-state index contributed by atoms with van der Waals surface area (Å²) >= 11 is 0. The number of para-hydroxylation sites is 2. The summed E-state index contributed by atoms with van der Waals surface area (Å²) in [4.78, 5) is 7.31. The molecule has 0 amide bonds. The first-order valence-corrected chi connectivity index (χ1v) is 8.72. The highest BCUT2D eigenvalue weighted by Gasteiger charge is 2.22. The largest absolute Gasteiger partial charge is 0.342 e. The summed E-state index contributed by atoms with van der Waals surface area (Å²) in [6.07, 6.45) is 2.07. The standard InChI is InChI=1S/C20H24N4/c1-15-6-8-16(9-7-15)14-24-19-5-3-2-4-18(19)22-20(24)23-12-10-17(21)11-13-23/h2-9,17H,10-14,21H2,1H3. The van der Waals surface area contributed by atoms with Gasteiger partial charge >= 0.3 is 0 Å². The van der Waals surface area contributed by atoms with Gasteiger partial charge in [-0.2, -0.15) is 0 Å². The Labute approximate surface area is 142 Å². The highest BCUT2D eigenvalue weighted by atomic mass is 15.3. The van der Waals surface area contributed by atoms with Crippen molar-refractivity contribution >= 4 is 17.0 Å². The van der Waals surface area contributed by atoms with Crippen LogP contribution < -0.4 is 10.6 Å². The zero-order valence-corrected chi connectivity index (χ0v) is 14.2. The van der Waals surface area contributed by atoms with Crippen LogP contribution in [0.25, 0.3) is 11.0 Å².